The number of rotatable bonds is 4. The van der Waals surface area contributed by atoms with Gasteiger partial charge in [-0.25, -0.2) is 0 Å². The summed E-state index contributed by atoms with van der Waals surface area (Å²) < 4.78 is 0. The molecule has 2 N–H and O–H groups in total. The molecule has 0 bridgehead atoms. The highest BCUT2D eigenvalue weighted by atomic mass is 32.1. The standard InChI is InChI=1S/C14H20N4OS/c1-17(2)13(19)12-11(16)10(7-15)14(20-12)18(3)8-9-5-4-6-9/h9H,4-6,8,16H2,1-3H3. The number of anilines is 2. The molecule has 1 saturated carbocycles. The summed E-state index contributed by atoms with van der Waals surface area (Å²) in [5.74, 6) is 0.551. The molecule has 0 atom stereocenters. The van der Waals surface area contributed by atoms with Gasteiger partial charge < -0.3 is 15.5 Å². The van der Waals surface area contributed by atoms with Crippen LogP contribution in [0.25, 0.3) is 0 Å². The van der Waals surface area contributed by atoms with Crippen LogP contribution in [-0.2, 0) is 0 Å². The summed E-state index contributed by atoms with van der Waals surface area (Å²) in [5.41, 5.74) is 6.73. The van der Waals surface area contributed by atoms with Gasteiger partial charge in [-0.1, -0.05) is 6.42 Å². The number of amides is 1. The fourth-order valence-corrected chi connectivity index (χ4v) is 3.48. The normalized spacial score (nSPS) is 14.5. The average molecular weight is 292 g/mol. The number of hydrogen-bond acceptors (Lipinski definition) is 5. The molecule has 1 aromatic heterocycles. The van der Waals surface area contributed by atoms with Crippen molar-refractivity contribution in [3.8, 4) is 6.07 Å². The van der Waals surface area contributed by atoms with Crippen LogP contribution in [0.15, 0.2) is 0 Å². The molecule has 1 aliphatic rings. The first kappa shape index (κ1) is 14.7. The van der Waals surface area contributed by atoms with E-state index in [1.165, 1.54) is 35.5 Å². The van der Waals surface area contributed by atoms with Crippen LogP contribution >= 0.6 is 11.3 Å². The number of nitrogens with zero attached hydrogens (tertiary/aromatic N) is 3. The number of nitrogen functional groups attached to an aromatic ring is 1. The summed E-state index contributed by atoms with van der Waals surface area (Å²) in [6, 6.07) is 2.14. The zero-order chi connectivity index (χ0) is 14.9. The summed E-state index contributed by atoms with van der Waals surface area (Å²) in [4.78, 5) is 16.1. The molecule has 0 aliphatic heterocycles. The molecule has 0 radical (unpaired) electrons. The van der Waals surface area contributed by atoms with Crippen LogP contribution in [0.4, 0.5) is 10.7 Å². The molecular formula is C14H20N4OS. The highest BCUT2D eigenvalue weighted by Gasteiger charge is 2.26. The van der Waals surface area contributed by atoms with E-state index in [9.17, 15) is 10.1 Å². The number of nitriles is 1. The lowest BCUT2D eigenvalue weighted by Crippen LogP contribution is -2.29. The number of thiophene rings is 1. The van der Waals surface area contributed by atoms with Gasteiger partial charge in [-0.15, -0.1) is 11.3 Å². The second kappa shape index (κ2) is 5.71. The Hall–Kier alpha value is -1.74. The molecule has 108 valence electrons. The van der Waals surface area contributed by atoms with Crippen LogP contribution in [0, 0.1) is 17.2 Å². The predicted octanol–water partition coefficient (Wildman–Crippen LogP) is 2.14. The maximum Gasteiger partial charge on any atom is 0.265 e. The number of carbonyl (C=O) groups is 1. The molecule has 2 rings (SSSR count). The monoisotopic (exact) mass is 292 g/mol. The maximum atomic E-state index is 12.1. The van der Waals surface area contributed by atoms with Crippen molar-refractivity contribution in [2.45, 2.75) is 19.3 Å². The maximum absolute atomic E-state index is 12.1. The number of carbonyl (C=O) groups excluding carboxylic acids is 1. The first-order chi connectivity index (χ1) is 9.45. The minimum absolute atomic E-state index is 0.146. The lowest BCUT2D eigenvalue weighted by molar-refractivity contribution is 0.0833. The molecule has 1 fully saturated rings. The van der Waals surface area contributed by atoms with Crippen molar-refractivity contribution in [2.75, 3.05) is 38.3 Å². The van der Waals surface area contributed by atoms with Crippen molar-refractivity contribution >= 4 is 27.9 Å². The Labute approximate surface area is 123 Å². The zero-order valence-corrected chi connectivity index (χ0v) is 13.0. The lowest BCUT2D eigenvalue weighted by Gasteiger charge is -2.30. The molecule has 6 heteroatoms. The van der Waals surface area contributed by atoms with Crippen LogP contribution < -0.4 is 10.6 Å². The zero-order valence-electron chi connectivity index (χ0n) is 12.1. The second-order valence-corrected chi connectivity index (χ2v) is 6.51. The average Bonchev–Trinajstić information content (AvgIpc) is 2.69. The van der Waals surface area contributed by atoms with Gasteiger partial charge in [0, 0.05) is 27.7 Å². The van der Waals surface area contributed by atoms with Gasteiger partial charge in [0.25, 0.3) is 5.91 Å². The topological polar surface area (TPSA) is 73.4 Å². The van der Waals surface area contributed by atoms with Gasteiger partial charge in [0.15, 0.2) is 0 Å². The van der Waals surface area contributed by atoms with E-state index < -0.39 is 0 Å². The first-order valence-corrected chi connectivity index (χ1v) is 7.52. The van der Waals surface area contributed by atoms with E-state index in [0.717, 1.165) is 11.5 Å². The van der Waals surface area contributed by atoms with E-state index in [1.807, 2.05) is 7.05 Å². The summed E-state index contributed by atoms with van der Waals surface area (Å²) in [6.45, 7) is 0.921. The minimum Gasteiger partial charge on any atom is -0.396 e. The van der Waals surface area contributed by atoms with Crippen molar-refractivity contribution in [1.82, 2.24) is 4.90 Å². The third-order valence-electron chi connectivity index (χ3n) is 3.74. The fraction of sp³-hybridized carbons (Fsp3) is 0.571. The van der Waals surface area contributed by atoms with Gasteiger partial charge in [-0.3, -0.25) is 4.79 Å². The quantitative estimate of drug-likeness (QED) is 0.922. The minimum atomic E-state index is -0.146. The van der Waals surface area contributed by atoms with Crippen LogP contribution in [0.1, 0.15) is 34.5 Å². The summed E-state index contributed by atoms with van der Waals surface area (Å²) in [6.07, 6.45) is 3.79. The third kappa shape index (κ3) is 2.59. The summed E-state index contributed by atoms with van der Waals surface area (Å²) >= 11 is 1.32. The number of hydrogen-bond donors (Lipinski definition) is 1. The molecule has 1 aromatic rings. The van der Waals surface area contributed by atoms with Crippen molar-refractivity contribution in [3.63, 3.8) is 0 Å². The fourth-order valence-electron chi connectivity index (χ4n) is 2.32. The molecule has 1 aliphatic carbocycles. The van der Waals surface area contributed by atoms with Crippen molar-refractivity contribution < 1.29 is 4.79 Å². The Balaban J connectivity index is 2.30. The highest BCUT2D eigenvalue weighted by Crippen LogP contribution is 2.39. The molecule has 0 saturated heterocycles. The van der Waals surface area contributed by atoms with Crippen molar-refractivity contribution in [2.24, 2.45) is 5.92 Å². The molecule has 5 nitrogen and oxygen atoms in total. The van der Waals surface area contributed by atoms with E-state index in [2.05, 4.69) is 11.0 Å². The highest BCUT2D eigenvalue weighted by molar-refractivity contribution is 7.19. The molecule has 20 heavy (non-hydrogen) atoms. The van der Waals surface area contributed by atoms with Crippen molar-refractivity contribution in [3.05, 3.63) is 10.4 Å². The molecular weight excluding hydrogens is 272 g/mol. The van der Waals surface area contributed by atoms with Gasteiger partial charge in [0.1, 0.15) is 21.5 Å². The number of nitrogens with two attached hydrogens (primary N) is 1. The Morgan fingerprint density at radius 3 is 2.55 bits per heavy atom. The van der Waals surface area contributed by atoms with Gasteiger partial charge in [-0.05, 0) is 18.8 Å². The van der Waals surface area contributed by atoms with Crippen LogP contribution in [0.3, 0.4) is 0 Å². The summed E-state index contributed by atoms with van der Waals surface area (Å²) in [5, 5.41) is 10.1. The molecule has 0 unspecified atom stereocenters. The van der Waals surface area contributed by atoms with E-state index in [4.69, 9.17) is 5.73 Å². The molecule has 1 amide bonds. The third-order valence-corrected chi connectivity index (χ3v) is 5.05. The Morgan fingerprint density at radius 1 is 1.45 bits per heavy atom. The van der Waals surface area contributed by atoms with Gasteiger partial charge in [0.2, 0.25) is 0 Å². The van der Waals surface area contributed by atoms with Crippen molar-refractivity contribution in [1.29, 1.82) is 5.26 Å². The van der Waals surface area contributed by atoms with E-state index in [0.29, 0.717) is 22.0 Å². The van der Waals surface area contributed by atoms with E-state index >= 15 is 0 Å². The predicted molar refractivity (Wildman–Crippen MR) is 82.1 cm³/mol. The Morgan fingerprint density at radius 2 is 2.10 bits per heavy atom. The second-order valence-electron chi connectivity index (χ2n) is 5.51. The SMILES string of the molecule is CN(C)C(=O)c1sc(N(C)CC2CCC2)c(C#N)c1N. The Kier molecular flexibility index (Phi) is 4.19. The smallest absolute Gasteiger partial charge is 0.265 e. The summed E-state index contributed by atoms with van der Waals surface area (Å²) in [7, 11) is 5.34. The molecule has 0 spiro atoms. The lowest BCUT2D eigenvalue weighted by atomic mass is 9.85. The van der Waals surface area contributed by atoms with Gasteiger partial charge >= 0.3 is 0 Å². The van der Waals surface area contributed by atoms with E-state index in [1.54, 1.807) is 14.1 Å². The van der Waals surface area contributed by atoms with Crippen LogP contribution in [-0.4, -0.2) is 38.5 Å². The first-order valence-electron chi connectivity index (χ1n) is 6.70. The van der Waals surface area contributed by atoms with Crippen LogP contribution in [0.2, 0.25) is 0 Å². The van der Waals surface area contributed by atoms with Crippen LogP contribution in [0.5, 0.6) is 0 Å². The molecule has 1 heterocycles. The van der Waals surface area contributed by atoms with Gasteiger partial charge in [0.05, 0.1) is 5.69 Å². The Bertz CT molecular complexity index is 554. The van der Waals surface area contributed by atoms with Gasteiger partial charge in [-0.2, -0.15) is 5.26 Å². The van der Waals surface area contributed by atoms with E-state index in [-0.39, 0.29) is 5.91 Å². The molecule has 0 aromatic carbocycles. The largest absolute Gasteiger partial charge is 0.396 e.